The third kappa shape index (κ3) is 5.16. The molecule has 1 heterocycles. The number of hydrogen-bond acceptors (Lipinski definition) is 6. The zero-order chi connectivity index (χ0) is 23.4. The van der Waals surface area contributed by atoms with E-state index in [0.29, 0.717) is 35.3 Å². The summed E-state index contributed by atoms with van der Waals surface area (Å²) in [5.74, 6) is 1.92. The van der Waals surface area contributed by atoms with Gasteiger partial charge in [0, 0.05) is 18.7 Å². The number of para-hydroxylation sites is 1. The van der Waals surface area contributed by atoms with Gasteiger partial charge in [-0.05, 0) is 63.0 Å². The second-order valence-electron chi connectivity index (χ2n) is 7.96. The molecular weight excluding hydrogens is 434 g/mol. The molecule has 0 aliphatic carbocycles. The van der Waals surface area contributed by atoms with Crippen LogP contribution in [0.2, 0.25) is 0 Å². The number of thiazole rings is 1. The van der Waals surface area contributed by atoms with Crippen LogP contribution in [-0.4, -0.2) is 50.1 Å². The summed E-state index contributed by atoms with van der Waals surface area (Å²) in [4.78, 5) is 22.3. The summed E-state index contributed by atoms with van der Waals surface area (Å²) in [5.41, 5.74) is 2.43. The number of carbonyl (C=O) groups excluding carboxylic acids is 1. The quantitative estimate of drug-likeness (QED) is 0.341. The van der Waals surface area contributed by atoms with Gasteiger partial charge in [0.1, 0.15) is 22.8 Å². The van der Waals surface area contributed by atoms with Crippen LogP contribution < -0.4 is 14.4 Å². The molecule has 33 heavy (non-hydrogen) atoms. The van der Waals surface area contributed by atoms with Gasteiger partial charge in [0.15, 0.2) is 5.13 Å². The highest BCUT2D eigenvalue weighted by atomic mass is 32.1. The maximum atomic E-state index is 13.7. The number of fused-ring (bicyclic) bond motifs is 1. The number of aryl methyl sites for hydroxylation is 1. The van der Waals surface area contributed by atoms with Crippen LogP contribution in [-0.2, 0) is 0 Å². The molecular formula is C26H27N3O3S. The molecule has 1 amide bonds. The highest BCUT2D eigenvalue weighted by Gasteiger charge is 2.23. The summed E-state index contributed by atoms with van der Waals surface area (Å²) in [6, 6.07) is 20.7. The van der Waals surface area contributed by atoms with Gasteiger partial charge in [0.2, 0.25) is 0 Å². The normalized spacial score (nSPS) is 11.1. The van der Waals surface area contributed by atoms with E-state index in [4.69, 9.17) is 14.5 Å². The molecule has 0 radical (unpaired) electrons. The molecule has 0 atom stereocenters. The van der Waals surface area contributed by atoms with Gasteiger partial charge in [-0.1, -0.05) is 41.7 Å². The molecule has 0 spiro atoms. The van der Waals surface area contributed by atoms with Crippen LogP contribution in [0.15, 0.2) is 66.7 Å². The summed E-state index contributed by atoms with van der Waals surface area (Å²) >= 11 is 1.51. The predicted octanol–water partition coefficient (Wildman–Crippen LogP) is 5.61. The van der Waals surface area contributed by atoms with Gasteiger partial charge in [-0.3, -0.25) is 9.69 Å². The topological polar surface area (TPSA) is 54.9 Å². The van der Waals surface area contributed by atoms with Crippen molar-refractivity contribution in [3.63, 3.8) is 0 Å². The first-order valence-electron chi connectivity index (χ1n) is 10.7. The summed E-state index contributed by atoms with van der Waals surface area (Å²) < 4.78 is 12.5. The Morgan fingerprint density at radius 3 is 2.45 bits per heavy atom. The van der Waals surface area contributed by atoms with Gasteiger partial charge < -0.3 is 14.4 Å². The van der Waals surface area contributed by atoms with E-state index in [-0.39, 0.29) is 5.91 Å². The van der Waals surface area contributed by atoms with Gasteiger partial charge in [-0.25, -0.2) is 4.98 Å². The molecule has 0 N–H and O–H groups in total. The molecule has 0 saturated carbocycles. The number of aromatic nitrogens is 1. The van der Waals surface area contributed by atoms with Crippen molar-refractivity contribution < 1.29 is 14.3 Å². The zero-order valence-corrected chi connectivity index (χ0v) is 20.1. The number of carbonyl (C=O) groups is 1. The maximum absolute atomic E-state index is 13.7. The van der Waals surface area contributed by atoms with Crippen molar-refractivity contribution in [2.45, 2.75) is 6.92 Å². The predicted molar refractivity (Wildman–Crippen MR) is 134 cm³/mol. The number of nitrogens with zero attached hydrogens (tertiary/aromatic N) is 3. The molecule has 6 nitrogen and oxygen atoms in total. The molecule has 0 aliphatic heterocycles. The first kappa shape index (κ1) is 22.8. The lowest BCUT2D eigenvalue weighted by molar-refractivity contribution is 0.0985. The Kier molecular flexibility index (Phi) is 6.91. The number of rotatable bonds is 8. The average molecular weight is 462 g/mol. The van der Waals surface area contributed by atoms with E-state index in [1.807, 2.05) is 86.6 Å². The van der Waals surface area contributed by atoms with E-state index in [1.54, 1.807) is 18.1 Å². The molecule has 0 saturated heterocycles. The molecule has 0 aliphatic rings. The number of hydrogen-bond donors (Lipinski definition) is 0. The molecule has 0 bridgehead atoms. The van der Waals surface area contributed by atoms with Gasteiger partial charge in [-0.15, -0.1) is 0 Å². The van der Waals surface area contributed by atoms with Crippen molar-refractivity contribution in [3.8, 4) is 17.2 Å². The minimum atomic E-state index is -0.119. The highest BCUT2D eigenvalue weighted by molar-refractivity contribution is 7.22. The largest absolute Gasteiger partial charge is 0.494 e. The lowest BCUT2D eigenvalue weighted by atomic mass is 10.2. The van der Waals surface area contributed by atoms with Crippen LogP contribution in [0.5, 0.6) is 17.2 Å². The van der Waals surface area contributed by atoms with Gasteiger partial charge in [0.05, 0.1) is 11.8 Å². The fourth-order valence-corrected chi connectivity index (χ4v) is 4.51. The van der Waals surface area contributed by atoms with Crippen LogP contribution in [0, 0.1) is 6.92 Å². The van der Waals surface area contributed by atoms with Crippen LogP contribution in [0.4, 0.5) is 5.13 Å². The Balaban J connectivity index is 1.69. The number of likely N-dealkylation sites (N-methyl/N-ethyl adjacent to an activating group) is 1. The number of benzene rings is 3. The Labute approximate surface area is 198 Å². The number of anilines is 1. The molecule has 3 aromatic carbocycles. The van der Waals surface area contributed by atoms with Crippen LogP contribution in [0.1, 0.15) is 15.9 Å². The SMILES string of the molecule is COc1ccc(C)c2sc(N(CCN(C)C)C(=O)c3cccc(Oc4ccccc4)c3)nc12. The first-order chi connectivity index (χ1) is 16.0. The molecule has 0 unspecified atom stereocenters. The maximum Gasteiger partial charge on any atom is 0.260 e. The lowest BCUT2D eigenvalue weighted by Gasteiger charge is -2.22. The monoisotopic (exact) mass is 461 g/mol. The van der Waals surface area contributed by atoms with Gasteiger partial charge in [-0.2, -0.15) is 0 Å². The standard InChI is InChI=1S/C26H27N3O3S/c1-18-13-14-22(31-4)23-24(18)33-26(27-23)29(16-15-28(2)3)25(30)19-9-8-12-21(17-19)32-20-10-6-5-7-11-20/h5-14,17H,15-16H2,1-4H3. The number of methoxy groups -OCH3 is 1. The van der Waals surface area contributed by atoms with E-state index in [1.165, 1.54) is 11.3 Å². The molecule has 4 aromatic rings. The molecule has 0 fully saturated rings. The van der Waals surface area contributed by atoms with Crippen molar-refractivity contribution in [1.82, 2.24) is 9.88 Å². The van der Waals surface area contributed by atoms with Gasteiger partial charge in [0.25, 0.3) is 5.91 Å². The van der Waals surface area contributed by atoms with Crippen molar-refractivity contribution in [2.24, 2.45) is 0 Å². The van der Waals surface area contributed by atoms with E-state index in [9.17, 15) is 4.79 Å². The summed E-state index contributed by atoms with van der Waals surface area (Å²) in [6.07, 6.45) is 0. The van der Waals surface area contributed by atoms with Crippen LogP contribution >= 0.6 is 11.3 Å². The molecule has 170 valence electrons. The summed E-state index contributed by atoms with van der Waals surface area (Å²) in [6.45, 7) is 3.26. The molecule has 4 rings (SSSR count). The Hall–Kier alpha value is -3.42. The summed E-state index contributed by atoms with van der Waals surface area (Å²) in [7, 11) is 5.61. The van der Waals surface area contributed by atoms with Crippen molar-refractivity contribution >= 4 is 32.6 Å². The summed E-state index contributed by atoms with van der Waals surface area (Å²) in [5, 5.41) is 0.652. The second-order valence-corrected chi connectivity index (χ2v) is 8.94. The van der Waals surface area contributed by atoms with Crippen LogP contribution in [0.25, 0.3) is 10.2 Å². The van der Waals surface area contributed by atoms with E-state index < -0.39 is 0 Å². The van der Waals surface area contributed by atoms with Crippen molar-refractivity contribution in [2.75, 3.05) is 39.2 Å². The zero-order valence-electron chi connectivity index (χ0n) is 19.2. The van der Waals surface area contributed by atoms with E-state index >= 15 is 0 Å². The van der Waals surface area contributed by atoms with Crippen molar-refractivity contribution in [1.29, 1.82) is 0 Å². The van der Waals surface area contributed by atoms with Crippen LogP contribution in [0.3, 0.4) is 0 Å². The molecule has 1 aromatic heterocycles. The third-order valence-corrected chi connectivity index (χ3v) is 6.43. The smallest absolute Gasteiger partial charge is 0.260 e. The average Bonchev–Trinajstić information content (AvgIpc) is 3.26. The fourth-order valence-electron chi connectivity index (χ4n) is 3.44. The third-order valence-electron chi connectivity index (χ3n) is 5.22. The Morgan fingerprint density at radius 2 is 1.73 bits per heavy atom. The minimum absolute atomic E-state index is 0.119. The van der Waals surface area contributed by atoms with E-state index in [0.717, 1.165) is 21.5 Å². The number of amides is 1. The minimum Gasteiger partial charge on any atom is -0.494 e. The Bertz CT molecular complexity index is 1250. The highest BCUT2D eigenvalue weighted by Crippen LogP contribution is 2.37. The van der Waals surface area contributed by atoms with Gasteiger partial charge >= 0.3 is 0 Å². The number of ether oxygens (including phenoxy) is 2. The lowest BCUT2D eigenvalue weighted by Crippen LogP contribution is -2.36. The Morgan fingerprint density at radius 1 is 0.970 bits per heavy atom. The molecule has 7 heteroatoms. The second kappa shape index (κ2) is 10.0. The fraction of sp³-hybridized carbons (Fsp3) is 0.231. The first-order valence-corrected chi connectivity index (χ1v) is 11.5. The van der Waals surface area contributed by atoms with Crippen molar-refractivity contribution in [3.05, 3.63) is 77.9 Å². The van der Waals surface area contributed by atoms with E-state index in [2.05, 4.69) is 0 Å².